The average Bonchev–Trinajstić information content (AvgIpc) is 2.95. The molecule has 19 heavy (non-hydrogen) atoms. The van der Waals surface area contributed by atoms with Gasteiger partial charge >= 0.3 is 0 Å². The van der Waals surface area contributed by atoms with Crippen LogP contribution in [0.3, 0.4) is 0 Å². The van der Waals surface area contributed by atoms with Gasteiger partial charge in [-0.3, -0.25) is 9.48 Å². The molecule has 0 bridgehead atoms. The van der Waals surface area contributed by atoms with E-state index in [1.807, 2.05) is 13.8 Å². The number of rotatable bonds is 5. The van der Waals surface area contributed by atoms with Gasteiger partial charge in [0, 0.05) is 12.6 Å². The molecule has 2 heterocycles. The number of Topliss-reactive ketones (excluding diaryl/α,β-unsaturated/α-hetero) is 1. The van der Waals surface area contributed by atoms with Gasteiger partial charge in [0.1, 0.15) is 12.2 Å². The van der Waals surface area contributed by atoms with Crippen LogP contribution in [0.1, 0.15) is 36.1 Å². The topological polar surface area (TPSA) is 91.6 Å². The number of aromatic nitrogens is 5. The van der Waals surface area contributed by atoms with E-state index in [9.17, 15) is 4.79 Å². The smallest absolute Gasteiger partial charge is 0.203 e. The van der Waals surface area contributed by atoms with Crippen LogP contribution in [0.2, 0.25) is 0 Å². The van der Waals surface area contributed by atoms with Crippen molar-refractivity contribution in [1.29, 1.82) is 0 Å². The molecule has 0 aliphatic rings. The van der Waals surface area contributed by atoms with E-state index in [2.05, 4.69) is 31.3 Å². The third-order valence-corrected chi connectivity index (χ3v) is 3.19. The minimum Gasteiger partial charge on any atom is -0.325 e. The number of ketones is 1. The summed E-state index contributed by atoms with van der Waals surface area (Å²) in [7, 11) is 0. The zero-order valence-electron chi connectivity index (χ0n) is 10.7. The van der Waals surface area contributed by atoms with Crippen molar-refractivity contribution in [3.05, 3.63) is 28.3 Å². The van der Waals surface area contributed by atoms with E-state index in [1.54, 1.807) is 17.1 Å². The van der Waals surface area contributed by atoms with Gasteiger partial charge in [-0.05, 0) is 29.8 Å². The first-order valence-electron chi connectivity index (χ1n) is 5.88. The molecule has 7 nitrogen and oxygen atoms in total. The van der Waals surface area contributed by atoms with Gasteiger partial charge in [0.05, 0.1) is 22.6 Å². The molecule has 8 heteroatoms. The van der Waals surface area contributed by atoms with E-state index < -0.39 is 0 Å². The largest absolute Gasteiger partial charge is 0.325 e. The molecule has 0 aromatic carbocycles. The molecule has 0 radical (unpaired) electrons. The number of hydrogen-bond donors (Lipinski definition) is 1. The second-order valence-corrected chi connectivity index (χ2v) is 5.27. The molecular weight excluding hydrogens is 312 g/mol. The van der Waals surface area contributed by atoms with Gasteiger partial charge in [-0.2, -0.15) is 5.10 Å². The fraction of sp³-hybridized carbons (Fsp3) is 0.455. The van der Waals surface area contributed by atoms with Gasteiger partial charge in [-0.25, -0.2) is 4.68 Å². The lowest BCUT2D eigenvalue weighted by Crippen LogP contribution is -2.18. The number of carbonyl (C=O) groups is 1. The highest BCUT2D eigenvalue weighted by molar-refractivity contribution is 9.10. The summed E-state index contributed by atoms with van der Waals surface area (Å²) < 4.78 is 3.85. The Balaban J connectivity index is 2.22. The van der Waals surface area contributed by atoms with Gasteiger partial charge in [-0.15, -0.1) is 5.10 Å². The van der Waals surface area contributed by atoms with Gasteiger partial charge in [0.15, 0.2) is 0 Å². The molecule has 0 saturated carbocycles. The number of nitrogens with two attached hydrogens (primary N) is 1. The molecular formula is C11H15BrN6O. The van der Waals surface area contributed by atoms with Crippen molar-refractivity contribution < 1.29 is 4.79 Å². The molecule has 0 spiro atoms. The minimum absolute atomic E-state index is 0.0773. The van der Waals surface area contributed by atoms with E-state index in [-0.39, 0.29) is 18.4 Å². The van der Waals surface area contributed by atoms with Crippen LogP contribution in [0.4, 0.5) is 0 Å². The molecule has 2 aromatic heterocycles. The maximum atomic E-state index is 12.3. The SMILES string of the molecule is CC(C)n1ncc(Br)c1C(=O)Cn1cc(CN)nn1. The summed E-state index contributed by atoms with van der Waals surface area (Å²) in [6, 6.07) is 0.112. The van der Waals surface area contributed by atoms with Crippen molar-refractivity contribution in [2.24, 2.45) is 5.73 Å². The minimum atomic E-state index is -0.0773. The number of carbonyl (C=O) groups excluding carboxylic acids is 1. The average molecular weight is 327 g/mol. The quantitative estimate of drug-likeness (QED) is 0.832. The first-order chi connectivity index (χ1) is 9.02. The highest BCUT2D eigenvalue weighted by Crippen LogP contribution is 2.20. The Kier molecular flexibility index (Phi) is 4.11. The second-order valence-electron chi connectivity index (χ2n) is 4.41. The third kappa shape index (κ3) is 2.90. The molecule has 102 valence electrons. The van der Waals surface area contributed by atoms with Crippen molar-refractivity contribution in [1.82, 2.24) is 24.8 Å². The first-order valence-corrected chi connectivity index (χ1v) is 6.67. The first kappa shape index (κ1) is 13.9. The van der Waals surface area contributed by atoms with Crippen LogP contribution in [0, 0.1) is 0 Å². The van der Waals surface area contributed by atoms with E-state index in [0.29, 0.717) is 22.4 Å². The molecule has 2 rings (SSSR count). The lowest BCUT2D eigenvalue weighted by Gasteiger charge is -2.10. The fourth-order valence-electron chi connectivity index (χ4n) is 1.73. The summed E-state index contributed by atoms with van der Waals surface area (Å²) in [4.78, 5) is 12.3. The van der Waals surface area contributed by atoms with Crippen LogP contribution < -0.4 is 5.73 Å². The van der Waals surface area contributed by atoms with Crippen LogP contribution in [-0.2, 0) is 13.1 Å². The van der Waals surface area contributed by atoms with Gasteiger partial charge in [-0.1, -0.05) is 5.21 Å². The lowest BCUT2D eigenvalue weighted by molar-refractivity contribution is 0.0953. The molecule has 0 amide bonds. The van der Waals surface area contributed by atoms with Crippen LogP contribution in [-0.4, -0.2) is 30.6 Å². The molecule has 2 aromatic rings. The maximum Gasteiger partial charge on any atom is 0.203 e. The Morgan fingerprint density at radius 2 is 2.26 bits per heavy atom. The van der Waals surface area contributed by atoms with Crippen molar-refractivity contribution in [2.45, 2.75) is 33.0 Å². The Hall–Kier alpha value is -1.54. The predicted octanol–water partition coefficient (Wildman–Crippen LogP) is 1.16. The highest BCUT2D eigenvalue weighted by atomic mass is 79.9. The molecule has 0 fully saturated rings. The summed E-state index contributed by atoms with van der Waals surface area (Å²) in [6.45, 7) is 4.36. The standard InChI is InChI=1S/C11H15BrN6O/c1-7(2)18-11(9(12)4-14-18)10(19)6-17-5-8(3-13)15-16-17/h4-5,7H,3,6,13H2,1-2H3. The maximum absolute atomic E-state index is 12.3. The normalized spacial score (nSPS) is 11.2. The van der Waals surface area contributed by atoms with Crippen LogP contribution in [0.5, 0.6) is 0 Å². The molecule has 0 unspecified atom stereocenters. The fourth-order valence-corrected chi connectivity index (χ4v) is 2.22. The summed E-state index contributed by atoms with van der Waals surface area (Å²) in [6.07, 6.45) is 3.29. The molecule has 2 N–H and O–H groups in total. The van der Waals surface area contributed by atoms with E-state index in [4.69, 9.17) is 5.73 Å². The second kappa shape index (κ2) is 5.62. The summed E-state index contributed by atoms with van der Waals surface area (Å²) >= 11 is 3.35. The van der Waals surface area contributed by atoms with E-state index in [0.717, 1.165) is 0 Å². The summed E-state index contributed by atoms with van der Waals surface area (Å²) in [5.74, 6) is -0.0773. The summed E-state index contributed by atoms with van der Waals surface area (Å²) in [5.41, 5.74) is 6.65. The monoisotopic (exact) mass is 326 g/mol. The zero-order valence-corrected chi connectivity index (χ0v) is 12.3. The molecule has 0 atom stereocenters. The Morgan fingerprint density at radius 1 is 1.53 bits per heavy atom. The Labute approximate surface area is 118 Å². The number of nitrogens with zero attached hydrogens (tertiary/aromatic N) is 5. The Bertz CT molecular complexity index is 588. The van der Waals surface area contributed by atoms with Crippen LogP contribution in [0.15, 0.2) is 16.9 Å². The Morgan fingerprint density at radius 3 is 2.84 bits per heavy atom. The third-order valence-electron chi connectivity index (χ3n) is 2.60. The van der Waals surface area contributed by atoms with Crippen LogP contribution in [0.25, 0.3) is 0 Å². The number of halogens is 1. The van der Waals surface area contributed by atoms with Crippen molar-refractivity contribution >= 4 is 21.7 Å². The molecule has 0 aliphatic carbocycles. The highest BCUT2D eigenvalue weighted by Gasteiger charge is 2.19. The van der Waals surface area contributed by atoms with Crippen LogP contribution >= 0.6 is 15.9 Å². The zero-order chi connectivity index (χ0) is 14.0. The molecule has 0 saturated heterocycles. The van der Waals surface area contributed by atoms with Crippen molar-refractivity contribution in [3.63, 3.8) is 0 Å². The van der Waals surface area contributed by atoms with Gasteiger partial charge in [0.2, 0.25) is 5.78 Å². The molecule has 0 aliphatic heterocycles. The van der Waals surface area contributed by atoms with Crippen molar-refractivity contribution in [2.75, 3.05) is 0 Å². The van der Waals surface area contributed by atoms with Crippen molar-refractivity contribution in [3.8, 4) is 0 Å². The van der Waals surface area contributed by atoms with Gasteiger partial charge < -0.3 is 5.73 Å². The van der Waals surface area contributed by atoms with E-state index >= 15 is 0 Å². The lowest BCUT2D eigenvalue weighted by atomic mass is 10.2. The van der Waals surface area contributed by atoms with Gasteiger partial charge in [0.25, 0.3) is 0 Å². The predicted molar refractivity (Wildman–Crippen MR) is 72.6 cm³/mol. The number of hydrogen-bond acceptors (Lipinski definition) is 5. The summed E-state index contributed by atoms with van der Waals surface area (Å²) in [5, 5.41) is 11.9. The van der Waals surface area contributed by atoms with E-state index in [1.165, 1.54) is 4.68 Å².